The van der Waals surface area contributed by atoms with E-state index in [4.69, 9.17) is 14.2 Å². The Kier molecular flexibility index (Phi) is 8.78. The van der Waals surface area contributed by atoms with Gasteiger partial charge in [0.2, 0.25) is 11.7 Å². The molecule has 190 valence electrons. The van der Waals surface area contributed by atoms with E-state index in [1.54, 1.807) is 6.08 Å². The van der Waals surface area contributed by atoms with Crippen LogP contribution in [0.5, 0.6) is 5.75 Å². The van der Waals surface area contributed by atoms with Gasteiger partial charge in [-0.05, 0) is 50.8 Å². The number of likely N-dealkylation sites (N-methyl/N-ethyl adjacent to an activating group) is 1. The number of nitrogens with zero attached hydrogens (tertiary/aromatic N) is 1. The number of carbonyl (C=O) groups is 2. The summed E-state index contributed by atoms with van der Waals surface area (Å²) in [6, 6.07) is 6.00. The number of hydrogen-bond acceptors (Lipinski definition) is 6. The largest absolute Gasteiger partial charge is 0.498 e. The molecule has 1 aliphatic carbocycles. The summed E-state index contributed by atoms with van der Waals surface area (Å²) in [5.41, 5.74) is 3.49. The Hall–Kier alpha value is -3.06. The van der Waals surface area contributed by atoms with Gasteiger partial charge in [0.15, 0.2) is 6.10 Å². The maximum Gasteiger partial charge on any atom is 0.250 e. The SMILES string of the molecule is CCN1C=C2C=C(OC)C(OC)C(=O)C2=C(C(=O)NCc2ccc(C)cc2OC(C)CC(C)C)C1. The molecule has 0 saturated heterocycles. The van der Waals surface area contributed by atoms with Gasteiger partial charge in [-0.15, -0.1) is 0 Å². The van der Waals surface area contributed by atoms with E-state index < -0.39 is 6.10 Å². The molecule has 0 fully saturated rings. The minimum absolute atomic E-state index is 0.0629. The highest BCUT2D eigenvalue weighted by Gasteiger charge is 2.38. The van der Waals surface area contributed by atoms with E-state index in [1.165, 1.54) is 14.2 Å². The summed E-state index contributed by atoms with van der Waals surface area (Å²) >= 11 is 0. The average molecular weight is 483 g/mol. The van der Waals surface area contributed by atoms with Crippen LogP contribution in [0.3, 0.4) is 0 Å². The number of methoxy groups -OCH3 is 2. The highest BCUT2D eigenvalue weighted by atomic mass is 16.5. The van der Waals surface area contributed by atoms with Crippen molar-refractivity contribution in [2.45, 2.75) is 59.8 Å². The van der Waals surface area contributed by atoms with Crippen LogP contribution in [-0.2, 0) is 25.6 Å². The summed E-state index contributed by atoms with van der Waals surface area (Å²) in [6.07, 6.45) is 3.83. The lowest BCUT2D eigenvalue weighted by Crippen LogP contribution is -2.40. The van der Waals surface area contributed by atoms with E-state index in [0.29, 0.717) is 48.0 Å². The van der Waals surface area contributed by atoms with E-state index in [9.17, 15) is 9.59 Å². The Balaban J connectivity index is 1.86. The van der Waals surface area contributed by atoms with Crippen LogP contribution in [0.4, 0.5) is 0 Å². The van der Waals surface area contributed by atoms with E-state index in [2.05, 4.69) is 26.1 Å². The van der Waals surface area contributed by atoms with Crippen molar-refractivity contribution >= 4 is 11.7 Å². The Labute approximate surface area is 208 Å². The number of rotatable bonds is 10. The van der Waals surface area contributed by atoms with Crippen LogP contribution >= 0.6 is 0 Å². The molecule has 0 bridgehead atoms. The fourth-order valence-corrected chi connectivity index (χ4v) is 4.56. The number of amides is 1. The Morgan fingerprint density at radius 1 is 1.23 bits per heavy atom. The lowest BCUT2D eigenvalue weighted by atomic mass is 9.85. The number of fused-ring (bicyclic) bond motifs is 1. The molecule has 1 aliphatic heterocycles. The molecule has 0 radical (unpaired) electrons. The first-order valence-electron chi connectivity index (χ1n) is 12.2. The highest BCUT2D eigenvalue weighted by molar-refractivity contribution is 6.13. The van der Waals surface area contributed by atoms with Gasteiger partial charge in [-0.2, -0.15) is 0 Å². The number of ether oxygens (including phenoxy) is 3. The molecule has 2 unspecified atom stereocenters. The molecule has 0 aromatic heterocycles. The first-order valence-corrected chi connectivity index (χ1v) is 12.2. The Bertz CT molecular complexity index is 1050. The molecule has 1 aromatic carbocycles. The summed E-state index contributed by atoms with van der Waals surface area (Å²) in [4.78, 5) is 28.7. The molecular formula is C28H38N2O5. The van der Waals surface area contributed by atoms with Gasteiger partial charge in [0, 0.05) is 55.2 Å². The smallest absolute Gasteiger partial charge is 0.250 e. The molecule has 1 heterocycles. The number of ketones is 1. The molecule has 1 aromatic rings. The number of hydrogen-bond donors (Lipinski definition) is 1. The second kappa shape index (κ2) is 11.6. The van der Waals surface area contributed by atoms with Gasteiger partial charge in [-0.1, -0.05) is 26.0 Å². The Morgan fingerprint density at radius 3 is 2.60 bits per heavy atom. The van der Waals surface area contributed by atoms with Gasteiger partial charge >= 0.3 is 0 Å². The third-order valence-electron chi connectivity index (χ3n) is 6.26. The van der Waals surface area contributed by atoms with Gasteiger partial charge in [0.1, 0.15) is 11.5 Å². The van der Waals surface area contributed by atoms with Crippen molar-refractivity contribution in [2.75, 3.05) is 27.3 Å². The third kappa shape index (κ3) is 6.14. The highest BCUT2D eigenvalue weighted by Crippen LogP contribution is 2.33. The number of carbonyl (C=O) groups excluding carboxylic acids is 2. The number of nitrogens with one attached hydrogen (secondary N) is 1. The van der Waals surface area contributed by atoms with Crippen molar-refractivity contribution in [3.8, 4) is 5.75 Å². The predicted octanol–water partition coefficient (Wildman–Crippen LogP) is 4.07. The lowest BCUT2D eigenvalue weighted by Gasteiger charge is -2.32. The summed E-state index contributed by atoms with van der Waals surface area (Å²) in [7, 11) is 2.97. The van der Waals surface area contributed by atoms with Gasteiger partial charge in [0.25, 0.3) is 0 Å². The van der Waals surface area contributed by atoms with Crippen LogP contribution < -0.4 is 10.1 Å². The van der Waals surface area contributed by atoms with Gasteiger partial charge in [0.05, 0.1) is 13.2 Å². The zero-order chi connectivity index (χ0) is 25.7. The number of Topliss-reactive ketones (excluding diaryl/α,β-unsaturated/α-hetero) is 1. The number of benzene rings is 1. The fraction of sp³-hybridized carbons (Fsp3) is 0.500. The van der Waals surface area contributed by atoms with Crippen LogP contribution in [0.2, 0.25) is 0 Å². The second-order valence-corrected chi connectivity index (χ2v) is 9.58. The van der Waals surface area contributed by atoms with Crippen LogP contribution in [0, 0.1) is 12.8 Å². The normalized spacial score (nSPS) is 18.7. The minimum atomic E-state index is -0.859. The third-order valence-corrected chi connectivity index (χ3v) is 6.26. The molecule has 3 rings (SSSR count). The molecule has 1 N–H and O–H groups in total. The summed E-state index contributed by atoms with van der Waals surface area (Å²) in [5, 5.41) is 3.02. The van der Waals surface area contributed by atoms with E-state index in [0.717, 1.165) is 23.3 Å². The van der Waals surface area contributed by atoms with E-state index >= 15 is 0 Å². The van der Waals surface area contributed by atoms with Crippen LogP contribution in [-0.4, -0.2) is 56.1 Å². The molecule has 2 atom stereocenters. The topological polar surface area (TPSA) is 77.1 Å². The van der Waals surface area contributed by atoms with Crippen molar-refractivity contribution in [3.63, 3.8) is 0 Å². The molecule has 2 aliphatic rings. The second-order valence-electron chi connectivity index (χ2n) is 9.58. The first kappa shape index (κ1) is 26.5. The summed E-state index contributed by atoms with van der Waals surface area (Å²) in [6.45, 7) is 11.8. The standard InChI is InChI=1S/C28H38N2O5/c1-8-30-15-21-13-24(33-6)27(34-7)26(31)25(21)22(16-30)28(32)29-14-20-10-9-18(4)12-23(20)35-19(5)11-17(2)3/h9-10,12-13,15,17,19,27H,8,11,14,16H2,1-7H3,(H,29,32). The van der Waals surface area contributed by atoms with E-state index in [-0.39, 0.29) is 17.8 Å². The zero-order valence-electron chi connectivity index (χ0n) is 21.9. The van der Waals surface area contributed by atoms with Crippen molar-refractivity contribution in [1.29, 1.82) is 0 Å². The average Bonchev–Trinajstić information content (AvgIpc) is 2.81. The van der Waals surface area contributed by atoms with Gasteiger partial charge in [-0.3, -0.25) is 9.59 Å². The van der Waals surface area contributed by atoms with E-state index in [1.807, 2.05) is 43.1 Å². The van der Waals surface area contributed by atoms with Crippen LogP contribution in [0.25, 0.3) is 0 Å². The first-order chi connectivity index (χ1) is 16.7. The molecule has 1 amide bonds. The maximum absolute atomic E-state index is 13.4. The minimum Gasteiger partial charge on any atom is -0.498 e. The Morgan fingerprint density at radius 2 is 1.97 bits per heavy atom. The molecule has 7 heteroatoms. The van der Waals surface area contributed by atoms with Gasteiger partial charge < -0.3 is 24.4 Å². The lowest BCUT2D eigenvalue weighted by molar-refractivity contribution is -0.125. The molecule has 0 spiro atoms. The fourth-order valence-electron chi connectivity index (χ4n) is 4.56. The molecular weight excluding hydrogens is 444 g/mol. The van der Waals surface area contributed by atoms with Crippen molar-refractivity contribution in [1.82, 2.24) is 10.2 Å². The molecule has 7 nitrogen and oxygen atoms in total. The molecule has 0 saturated carbocycles. The zero-order valence-corrected chi connectivity index (χ0v) is 21.9. The van der Waals surface area contributed by atoms with Crippen LogP contribution in [0.15, 0.2) is 53.0 Å². The summed E-state index contributed by atoms with van der Waals surface area (Å²) in [5.74, 6) is 1.20. The van der Waals surface area contributed by atoms with Crippen molar-refractivity contribution < 1.29 is 23.8 Å². The van der Waals surface area contributed by atoms with Crippen molar-refractivity contribution in [3.05, 3.63) is 64.1 Å². The number of allylic oxidation sites excluding steroid dienone is 2. The van der Waals surface area contributed by atoms with Crippen LogP contribution in [0.1, 0.15) is 45.2 Å². The molecule has 35 heavy (non-hydrogen) atoms. The quantitative estimate of drug-likeness (QED) is 0.542. The van der Waals surface area contributed by atoms with Crippen molar-refractivity contribution in [2.24, 2.45) is 5.92 Å². The van der Waals surface area contributed by atoms with Gasteiger partial charge in [-0.25, -0.2) is 0 Å². The summed E-state index contributed by atoms with van der Waals surface area (Å²) < 4.78 is 17.0. The number of aryl methyl sites for hydroxylation is 1. The monoisotopic (exact) mass is 482 g/mol. The predicted molar refractivity (Wildman–Crippen MR) is 136 cm³/mol. The maximum atomic E-state index is 13.4.